The van der Waals surface area contributed by atoms with Crippen molar-refractivity contribution in [3.8, 4) is 0 Å². The fourth-order valence-electron chi connectivity index (χ4n) is 4.77. The minimum atomic E-state index is -0.294. The number of nitrogens with one attached hydrogen (secondary N) is 1. The Kier molecular flexibility index (Phi) is 8.83. The highest BCUT2D eigenvalue weighted by Gasteiger charge is 2.33. The molecule has 3 nitrogen and oxygen atoms in total. The summed E-state index contributed by atoms with van der Waals surface area (Å²) in [5, 5.41) is 3.40. The Labute approximate surface area is 195 Å². The van der Waals surface area contributed by atoms with E-state index >= 15 is 0 Å². The van der Waals surface area contributed by atoms with Gasteiger partial charge in [-0.2, -0.15) is 0 Å². The minimum Gasteiger partial charge on any atom is -0.342 e. The molecule has 0 radical (unpaired) electrons. The molecule has 6 heteroatoms. The van der Waals surface area contributed by atoms with Crippen LogP contribution in [0.4, 0.5) is 8.78 Å². The Bertz CT molecular complexity index is 855. The first kappa shape index (κ1) is 24.4. The Morgan fingerprint density at radius 2 is 1.53 bits per heavy atom. The van der Waals surface area contributed by atoms with E-state index in [4.69, 9.17) is 0 Å². The molecule has 0 saturated carbocycles. The second-order valence-corrected chi connectivity index (χ2v) is 8.61. The van der Waals surface area contributed by atoms with E-state index in [9.17, 15) is 13.6 Å². The van der Waals surface area contributed by atoms with E-state index in [1.54, 1.807) is 24.3 Å². The van der Waals surface area contributed by atoms with Crippen LogP contribution < -0.4 is 5.32 Å². The molecule has 2 atom stereocenters. The van der Waals surface area contributed by atoms with Gasteiger partial charge in [-0.1, -0.05) is 30.3 Å². The van der Waals surface area contributed by atoms with Crippen molar-refractivity contribution < 1.29 is 13.6 Å². The summed E-state index contributed by atoms with van der Waals surface area (Å²) in [6.07, 6.45) is 7.05. The molecule has 2 fully saturated rings. The Morgan fingerprint density at radius 3 is 2.03 bits per heavy atom. The number of carbonyl (C=O) groups excluding carboxylic acids is 1. The van der Waals surface area contributed by atoms with Crippen LogP contribution in [0.1, 0.15) is 43.2 Å². The van der Waals surface area contributed by atoms with Crippen LogP contribution in [0.5, 0.6) is 0 Å². The molecule has 2 aliphatic heterocycles. The molecule has 2 aromatic rings. The van der Waals surface area contributed by atoms with Crippen molar-refractivity contribution in [2.75, 3.05) is 26.2 Å². The minimum absolute atomic E-state index is 0. The summed E-state index contributed by atoms with van der Waals surface area (Å²) in [5.41, 5.74) is 2.63. The monoisotopic (exact) mass is 460 g/mol. The molecule has 1 N–H and O–H groups in total. The lowest BCUT2D eigenvalue weighted by Gasteiger charge is -2.32. The summed E-state index contributed by atoms with van der Waals surface area (Å²) < 4.78 is 27.0. The molecule has 2 heterocycles. The van der Waals surface area contributed by atoms with Gasteiger partial charge in [-0.3, -0.25) is 4.79 Å². The summed E-state index contributed by atoms with van der Waals surface area (Å²) in [6, 6.07) is 12.7. The SMILES string of the molecule is Cl.O=C(C(CC=C(c1ccc(F)cc1)c1ccc(F)cc1)C1CCNC1)N1CCCCC1. The number of hydrogen-bond donors (Lipinski definition) is 1. The summed E-state index contributed by atoms with van der Waals surface area (Å²) in [7, 11) is 0. The van der Waals surface area contributed by atoms with Crippen LogP contribution in [0, 0.1) is 23.5 Å². The van der Waals surface area contributed by atoms with E-state index in [0.29, 0.717) is 12.3 Å². The molecular formula is C26H31ClF2N2O. The Balaban J connectivity index is 0.00000289. The number of amides is 1. The van der Waals surface area contributed by atoms with E-state index < -0.39 is 0 Å². The van der Waals surface area contributed by atoms with Gasteiger partial charge in [0, 0.05) is 19.0 Å². The highest BCUT2D eigenvalue weighted by Crippen LogP contribution is 2.30. The number of likely N-dealkylation sites (tertiary alicyclic amines) is 1. The fourth-order valence-corrected chi connectivity index (χ4v) is 4.77. The predicted molar refractivity (Wildman–Crippen MR) is 127 cm³/mol. The quantitative estimate of drug-likeness (QED) is 0.622. The molecule has 32 heavy (non-hydrogen) atoms. The summed E-state index contributed by atoms with van der Waals surface area (Å²) in [4.78, 5) is 15.5. The summed E-state index contributed by atoms with van der Waals surface area (Å²) in [6.45, 7) is 3.51. The van der Waals surface area contributed by atoms with Crippen molar-refractivity contribution in [1.82, 2.24) is 10.2 Å². The van der Waals surface area contributed by atoms with Gasteiger partial charge in [-0.25, -0.2) is 8.78 Å². The average Bonchev–Trinajstić information content (AvgIpc) is 3.33. The van der Waals surface area contributed by atoms with Crippen molar-refractivity contribution in [1.29, 1.82) is 0 Å². The second kappa shape index (κ2) is 11.6. The van der Waals surface area contributed by atoms with Crippen LogP contribution in [-0.4, -0.2) is 37.0 Å². The molecule has 0 aromatic heterocycles. The molecule has 4 rings (SSSR count). The zero-order chi connectivity index (χ0) is 21.6. The third-order valence-electron chi connectivity index (χ3n) is 6.54. The molecule has 172 valence electrons. The molecule has 2 aliphatic rings. The van der Waals surface area contributed by atoms with Crippen molar-refractivity contribution in [3.05, 3.63) is 77.4 Å². The molecule has 2 saturated heterocycles. The zero-order valence-corrected chi connectivity index (χ0v) is 19.1. The zero-order valence-electron chi connectivity index (χ0n) is 18.2. The predicted octanol–water partition coefficient (Wildman–Crippen LogP) is 5.45. The molecule has 0 bridgehead atoms. The van der Waals surface area contributed by atoms with Gasteiger partial charge in [-0.05, 0) is 92.1 Å². The van der Waals surface area contributed by atoms with Gasteiger partial charge >= 0.3 is 0 Å². The number of hydrogen-bond acceptors (Lipinski definition) is 2. The molecular weight excluding hydrogens is 430 g/mol. The van der Waals surface area contributed by atoms with E-state index in [2.05, 4.69) is 11.4 Å². The number of nitrogens with zero attached hydrogens (tertiary/aromatic N) is 1. The lowest BCUT2D eigenvalue weighted by atomic mass is 9.85. The lowest BCUT2D eigenvalue weighted by molar-refractivity contribution is -0.138. The van der Waals surface area contributed by atoms with Gasteiger partial charge in [0.2, 0.25) is 5.91 Å². The Morgan fingerprint density at radius 1 is 0.969 bits per heavy atom. The van der Waals surface area contributed by atoms with Crippen molar-refractivity contribution in [2.45, 2.75) is 32.1 Å². The maximum absolute atomic E-state index is 13.5. The van der Waals surface area contributed by atoms with E-state index in [1.807, 2.05) is 4.90 Å². The first-order chi connectivity index (χ1) is 15.1. The van der Waals surface area contributed by atoms with Crippen LogP contribution in [0.15, 0.2) is 54.6 Å². The number of piperidine rings is 1. The molecule has 0 aliphatic carbocycles. The van der Waals surface area contributed by atoms with Crippen molar-refractivity contribution >= 4 is 23.9 Å². The number of benzene rings is 2. The van der Waals surface area contributed by atoms with Crippen molar-refractivity contribution in [2.24, 2.45) is 11.8 Å². The van der Waals surface area contributed by atoms with Gasteiger partial charge in [0.1, 0.15) is 11.6 Å². The van der Waals surface area contributed by atoms with Crippen LogP contribution in [0.25, 0.3) is 5.57 Å². The maximum Gasteiger partial charge on any atom is 0.226 e. The highest BCUT2D eigenvalue weighted by molar-refractivity contribution is 5.85. The van der Waals surface area contributed by atoms with Gasteiger partial charge in [0.25, 0.3) is 0 Å². The van der Waals surface area contributed by atoms with Crippen LogP contribution in [0.3, 0.4) is 0 Å². The Hall–Kier alpha value is -2.24. The summed E-state index contributed by atoms with van der Waals surface area (Å²) >= 11 is 0. The van der Waals surface area contributed by atoms with Gasteiger partial charge in [0.05, 0.1) is 0 Å². The summed E-state index contributed by atoms with van der Waals surface area (Å²) in [5.74, 6) is -0.102. The third kappa shape index (κ3) is 5.96. The number of halogens is 3. The average molecular weight is 461 g/mol. The van der Waals surface area contributed by atoms with E-state index in [-0.39, 0.29) is 35.9 Å². The van der Waals surface area contributed by atoms with Crippen LogP contribution in [0.2, 0.25) is 0 Å². The smallest absolute Gasteiger partial charge is 0.226 e. The van der Waals surface area contributed by atoms with Crippen LogP contribution in [-0.2, 0) is 4.79 Å². The normalized spacial score (nSPS) is 19.2. The number of carbonyl (C=O) groups is 1. The third-order valence-corrected chi connectivity index (χ3v) is 6.54. The largest absolute Gasteiger partial charge is 0.342 e. The fraction of sp³-hybridized carbons (Fsp3) is 0.423. The molecule has 0 spiro atoms. The second-order valence-electron chi connectivity index (χ2n) is 8.61. The number of rotatable bonds is 6. The van der Waals surface area contributed by atoms with Crippen LogP contribution >= 0.6 is 12.4 Å². The first-order valence-corrected chi connectivity index (χ1v) is 11.3. The maximum atomic E-state index is 13.5. The highest BCUT2D eigenvalue weighted by atomic mass is 35.5. The van der Waals surface area contributed by atoms with Gasteiger partial charge in [0.15, 0.2) is 0 Å². The topological polar surface area (TPSA) is 32.3 Å². The number of allylic oxidation sites excluding steroid dienone is 1. The standard InChI is InChI=1S/C26H30F2N2O.ClH/c27-22-8-4-19(5-9-22)24(20-6-10-23(28)11-7-20)12-13-25(21-14-15-29-18-21)26(31)30-16-2-1-3-17-30;/h4-12,21,25,29H,1-3,13-18H2;1H. The lowest BCUT2D eigenvalue weighted by Crippen LogP contribution is -2.42. The van der Waals surface area contributed by atoms with Gasteiger partial charge in [-0.15, -0.1) is 12.4 Å². The van der Waals surface area contributed by atoms with E-state index in [0.717, 1.165) is 62.1 Å². The van der Waals surface area contributed by atoms with E-state index in [1.165, 1.54) is 30.7 Å². The molecule has 2 aromatic carbocycles. The molecule has 1 amide bonds. The van der Waals surface area contributed by atoms with Crippen molar-refractivity contribution in [3.63, 3.8) is 0 Å². The first-order valence-electron chi connectivity index (χ1n) is 11.3. The molecule has 2 unspecified atom stereocenters. The van der Waals surface area contributed by atoms with Gasteiger partial charge < -0.3 is 10.2 Å².